The monoisotopic (exact) mass is 318 g/mol. The Hall–Kier alpha value is -2.38. The maximum absolute atomic E-state index is 13.8. The number of hydrogen-bond acceptors (Lipinski definition) is 4. The van der Waals surface area contributed by atoms with Crippen LogP contribution >= 0.6 is 0 Å². The number of halogens is 4. The lowest BCUT2D eigenvalue weighted by atomic mass is 10.1. The van der Waals surface area contributed by atoms with Gasteiger partial charge in [-0.05, 0) is 6.42 Å². The number of carbonyl (C=O) groups excluding carboxylic acids is 2. The van der Waals surface area contributed by atoms with Gasteiger partial charge in [0.2, 0.25) is 17.4 Å². The van der Waals surface area contributed by atoms with Gasteiger partial charge in [0, 0.05) is 18.9 Å². The quantitative estimate of drug-likeness (QED) is 0.488. The van der Waals surface area contributed by atoms with Gasteiger partial charge in [0.05, 0.1) is 7.11 Å². The highest BCUT2D eigenvalue weighted by atomic mass is 19.2. The summed E-state index contributed by atoms with van der Waals surface area (Å²) in [6.45, 7) is 0. The molecule has 4 nitrogen and oxygen atoms in total. The topological polar surface area (TPSA) is 52.6 Å². The Kier molecular flexibility index (Phi) is 4.48. The van der Waals surface area contributed by atoms with Gasteiger partial charge in [0.15, 0.2) is 17.4 Å². The molecule has 22 heavy (non-hydrogen) atoms. The molecule has 0 N–H and O–H groups in total. The van der Waals surface area contributed by atoms with Crippen LogP contribution in [0.5, 0.6) is 5.75 Å². The van der Waals surface area contributed by atoms with Crippen LogP contribution in [0.1, 0.15) is 29.6 Å². The number of ketones is 1. The SMILES string of the molecule is COC(=O)c1c(F)c(F)c(OC2=CC(=O)CCC2)c(F)c1F. The predicted molar refractivity (Wildman–Crippen MR) is 65.2 cm³/mol. The molecule has 0 amide bonds. The standard InChI is InChI=1S/C14H10F4O4/c1-21-14(20)8-9(15)11(17)13(12(18)10(8)16)22-7-4-2-3-6(19)5-7/h5H,2-4H2,1H3. The lowest BCUT2D eigenvalue weighted by Gasteiger charge is -2.16. The summed E-state index contributed by atoms with van der Waals surface area (Å²) in [4.78, 5) is 22.4. The molecule has 0 aromatic heterocycles. The van der Waals surface area contributed by atoms with E-state index in [0.717, 1.165) is 13.2 Å². The molecule has 0 unspecified atom stereocenters. The molecule has 0 fully saturated rings. The molecule has 0 spiro atoms. The molecular weight excluding hydrogens is 308 g/mol. The molecule has 1 aromatic rings. The van der Waals surface area contributed by atoms with Gasteiger partial charge in [-0.25, -0.2) is 13.6 Å². The fourth-order valence-electron chi connectivity index (χ4n) is 1.95. The maximum Gasteiger partial charge on any atom is 0.344 e. The van der Waals surface area contributed by atoms with Crippen molar-refractivity contribution >= 4 is 11.8 Å². The molecule has 0 saturated heterocycles. The number of allylic oxidation sites excluding steroid dienone is 2. The molecule has 118 valence electrons. The summed E-state index contributed by atoms with van der Waals surface area (Å²) in [5, 5.41) is 0. The summed E-state index contributed by atoms with van der Waals surface area (Å²) in [5.41, 5.74) is -1.49. The van der Waals surface area contributed by atoms with Gasteiger partial charge in [-0.15, -0.1) is 0 Å². The van der Waals surface area contributed by atoms with Crippen molar-refractivity contribution in [3.05, 3.63) is 40.7 Å². The fraction of sp³-hybridized carbons (Fsp3) is 0.286. The Labute approximate surface area is 122 Å². The first-order valence-corrected chi connectivity index (χ1v) is 6.22. The molecule has 0 radical (unpaired) electrons. The smallest absolute Gasteiger partial charge is 0.344 e. The van der Waals surface area contributed by atoms with Crippen molar-refractivity contribution in [1.82, 2.24) is 0 Å². The van der Waals surface area contributed by atoms with Crippen molar-refractivity contribution in [3.63, 3.8) is 0 Å². The molecule has 1 aliphatic carbocycles. The van der Waals surface area contributed by atoms with Crippen LogP contribution in [0.2, 0.25) is 0 Å². The fourth-order valence-corrected chi connectivity index (χ4v) is 1.95. The van der Waals surface area contributed by atoms with Crippen molar-refractivity contribution in [2.24, 2.45) is 0 Å². The van der Waals surface area contributed by atoms with Crippen LogP contribution < -0.4 is 4.74 Å². The molecular formula is C14H10F4O4. The summed E-state index contributed by atoms with van der Waals surface area (Å²) in [6, 6.07) is 0. The summed E-state index contributed by atoms with van der Waals surface area (Å²) in [7, 11) is 0.805. The largest absolute Gasteiger partial charge is 0.465 e. The lowest BCUT2D eigenvalue weighted by Crippen LogP contribution is -2.15. The van der Waals surface area contributed by atoms with Gasteiger partial charge < -0.3 is 9.47 Å². The minimum absolute atomic E-state index is 0.112. The predicted octanol–water partition coefficient (Wildman–Crippen LogP) is 3.05. The number of methoxy groups -OCH3 is 1. The number of rotatable bonds is 3. The summed E-state index contributed by atoms with van der Waals surface area (Å²) >= 11 is 0. The second-order valence-corrected chi connectivity index (χ2v) is 4.48. The lowest BCUT2D eigenvalue weighted by molar-refractivity contribution is -0.115. The second kappa shape index (κ2) is 6.17. The first-order chi connectivity index (χ1) is 10.4. The third-order valence-electron chi connectivity index (χ3n) is 3.01. The minimum Gasteiger partial charge on any atom is -0.465 e. The number of ether oxygens (including phenoxy) is 2. The molecule has 1 aliphatic rings. The van der Waals surface area contributed by atoms with E-state index in [0.29, 0.717) is 6.42 Å². The molecule has 0 heterocycles. The van der Waals surface area contributed by atoms with Crippen molar-refractivity contribution in [3.8, 4) is 5.75 Å². The average Bonchev–Trinajstić information content (AvgIpc) is 2.49. The van der Waals surface area contributed by atoms with Crippen LogP contribution in [0.3, 0.4) is 0 Å². The van der Waals surface area contributed by atoms with Crippen LogP contribution in [0.25, 0.3) is 0 Å². The van der Waals surface area contributed by atoms with Gasteiger partial charge in [-0.1, -0.05) is 0 Å². The highest BCUT2D eigenvalue weighted by molar-refractivity contribution is 5.91. The number of esters is 1. The van der Waals surface area contributed by atoms with Crippen LogP contribution in [-0.4, -0.2) is 18.9 Å². The number of benzene rings is 1. The third kappa shape index (κ3) is 2.81. The van der Waals surface area contributed by atoms with Gasteiger partial charge in [0.1, 0.15) is 11.3 Å². The Bertz CT molecular complexity index is 653. The van der Waals surface area contributed by atoms with Crippen LogP contribution in [-0.2, 0) is 9.53 Å². The molecule has 8 heteroatoms. The summed E-state index contributed by atoms with van der Waals surface area (Å²) in [6.07, 6.45) is 1.83. The van der Waals surface area contributed by atoms with Crippen LogP contribution in [0, 0.1) is 23.3 Å². The Morgan fingerprint density at radius 2 is 1.64 bits per heavy atom. The van der Waals surface area contributed by atoms with Crippen molar-refractivity contribution in [2.45, 2.75) is 19.3 Å². The normalized spacial score (nSPS) is 14.6. The van der Waals surface area contributed by atoms with Gasteiger partial charge in [-0.3, -0.25) is 4.79 Å². The van der Waals surface area contributed by atoms with Crippen molar-refractivity contribution < 1.29 is 36.6 Å². The van der Waals surface area contributed by atoms with E-state index < -0.39 is 40.6 Å². The van der Waals surface area contributed by atoms with Crippen LogP contribution in [0.15, 0.2) is 11.8 Å². The molecule has 2 rings (SSSR count). The molecule has 0 aliphatic heterocycles. The number of carbonyl (C=O) groups is 2. The van der Waals surface area contributed by atoms with E-state index in [1.54, 1.807) is 0 Å². The maximum atomic E-state index is 13.8. The Balaban J connectivity index is 2.50. The highest BCUT2D eigenvalue weighted by Gasteiger charge is 2.31. The summed E-state index contributed by atoms with van der Waals surface area (Å²) in [5.74, 6) is -11.0. The summed E-state index contributed by atoms with van der Waals surface area (Å²) < 4.78 is 63.9. The highest BCUT2D eigenvalue weighted by Crippen LogP contribution is 2.32. The van der Waals surface area contributed by atoms with E-state index in [2.05, 4.69) is 4.74 Å². The molecule has 0 bridgehead atoms. The van der Waals surface area contributed by atoms with E-state index in [4.69, 9.17) is 4.74 Å². The van der Waals surface area contributed by atoms with E-state index in [1.807, 2.05) is 0 Å². The molecule has 1 aromatic carbocycles. The molecule has 0 saturated carbocycles. The average molecular weight is 318 g/mol. The zero-order chi connectivity index (χ0) is 16.4. The van der Waals surface area contributed by atoms with Gasteiger partial charge in [0.25, 0.3) is 0 Å². The van der Waals surface area contributed by atoms with E-state index in [1.165, 1.54) is 0 Å². The zero-order valence-electron chi connectivity index (χ0n) is 11.3. The minimum atomic E-state index is -1.93. The first kappa shape index (κ1) is 16.0. The van der Waals surface area contributed by atoms with Crippen molar-refractivity contribution in [2.75, 3.05) is 7.11 Å². The first-order valence-electron chi connectivity index (χ1n) is 6.22. The zero-order valence-corrected chi connectivity index (χ0v) is 11.3. The van der Waals surface area contributed by atoms with Gasteiger partial charge in [-0.2, -0.15) is 8.78 Å². The van der Waals surface area contributed by atoms with E-state index in [-0.39, 0.29) is 24.4 Å². The van der Waals surface area contributed by atoms with Crippen LogP contribution in [0.4, 0.5) is 17.6 Å². The van der Waals surface area contributed by atoms with Crippen molar-refractivity contribution in [1.29, 1.82) is 0 Å². The van der Waals surface area contributed by atoms with Gasteiger partial charge >= 0.3 is 5.97 Å². The Morgan fingerprint density at radius 3 is 2.14 bits per heavy atom. The van der Waals surface area contributed by atoms with E-state index in [9.17, 15) is 27.2 Å². The Morgan fingerprint density at radius 1 is 1.05 bits per heavy atom. The molecule has 0 atom stereocenters. The third-order valence-corrected chi connectivity index (χ3v) is 3.01. The second-order valence-electron chi connectivity index (χ2n) is 4.48. The number of hydrogen-bond donors (Lipinski definition) is 0. The van der Waals surface area contributed by atoms with E-state index >= 15 is 0 Å².